The van der Waals surface area contributed by atoms with Gasteiger partial charge in [-0.1, -0.05) is 0 Å². The molecule has 1 aromatic heterocycles. The van der Waals surface area contributed by atoms with Gasteiger partial charge in [0.25, 0.3) is 0 Å². The van der Waals surface area contributed by atoms with E-state index in [-0.39, 0.29) is 36.9 Å². The molecule has 32 heavy (non-hydrogen) atoms. The topological polar surface area (TPSA) is 140 Å². The highest BCUT2D eigenvalue weighted by molar-refractivity contribution is 5.97. The maximum Gasteiger partial charge on any atom is 0.320 e. The number of amides is 3. The van der Waals surface area contributed by atoms with Crippen LogP contribution in [0.3, 0.4) is 0 Å². The van der Waals surface area contributed by atoms with E-state index in [1.807, 2.05) is 13.8 Å². The van der Waals surface area contributed by atoms with Crippen molar-refractivity contribution in [1.29, 1.82) is 0 Å². The van der Waals surface area contributed by atoms with E-state index >= 15 is 0 Å². The van der Waals surface area contributed by atoms with E-state index in [0.717, 1.165) is 6.42 Å². The zero-order valence-corrected chi connectivity index (χ0v) is 18.7. The lowest BCUT2D eigenvalue weighted by atomic mass is 10.1. The Morgan fingerprint density at radius 1 is 1.28 bits per heavy atom. The predicted molar refractivity (Wildman–Crippen MR) is 117 cm³/mol. The fraction of sp³-hybridized carbons (Fsp3) is 0.619. The van der Waals surface area contributed by atoms with Gasteiger partial charge >= 0.3 is 12.0 Å². The van der Waals surface area contributed by atoms with E-state index in [0.29, 0.717) is 43.4 Å². The number of hydrogen-bond donors (Lipinski definition) is 3. The Bertz CT molecular complexity index is 873. The second kappa shape index (κ2) is 10.4. The number of hydrogen-bond acceptors (Lipinski definition) is 7. The molecule has 3 unspecified atom stereocenters. The van der Waals surface area contributed by atoms with Gasteiger partial charge in [-0.25, -0.2) is 19.8 Å². The molecule has 11 nitrogen and oxygen atoms in total. The average Bonchev–Trinajstić information content (AvgIpc) is 3.06. The molecule has 174 valence electrons. The third-order valence-corrected chi connectivity index (χ3v) is 5.57. The molecule has 3 amide bonds. The molecule has 3 heterocycles. The van der Waals surface area contributed by atoms with E-state index in [9.17, 15) is 19.5 Å². The van der Waals surface area contributed by atoms with Gasteiger partial charge in [-0.2, -0.15) is 0 Å². The van der Waals surface area contributed by atoms with Gasteiger partial charge in [0.1, 0.15) is 5.82 Å². The van der Waals surface area contributed by atoms with Gasteiger partial charge < -0.3 is 20.2 Å². The van der Waals surface area contributed by atoms with Crippen LogP contribution in [0.1, 0.15) is 57.0 Å². The molecule has 1 fully saturated rings. The van der Waals surface area contributed by atoms with Crippen molar-refractivity contribution >= 4 is 23.9 Å². The quantitative estimate of drug-likeness (QED) is 0.543. The molecule has 0 bridgehead atoms. The van der Waals surface area contributed by atoms with Gasteiger partial charge in [-0.05, 0) is 33.6 Å². The van der Waals surface area contributed by atoms with E-state index in [1.54, 1.807) is 29.1 Å². The average molecular weight is 446 g/mol. The summed E-state index contributed by atoms with van der Waals surface area (Å²) < 4.78 is 0. The minimum absolute atomic E-state index is 0.151. The van der Waals surface area contributed by atoms with Crippen molar-refractivity contribution in [3.63, 3.8) is 0 Å². The number of carboxylic acids is 1. The maximum atomic E-state index is 12.9. The van der Waals surface area contributed by atoms with E-state index in [4.69, 9.17) is 0 Å². The smallest absolute Gasteiger partial charge is 0.320 e. The first kappa shape index (κ1) is 23.4. The molecule has 3 N–H and O–H groups in total. The second-order valence-electron chi connectivity index (χ2n) is 8.40. The van der Waals surface area contributed by atoms with Crippen LogP contribution in [0.5, 0.6) is 0 Å². The van der Waals surface area contributed by atoms with Crippen molar-refractivity contribution in [1.82, 2.24) is 30.4 Å². The standard InChI is InChI=1S/C21H31N7O4/c1-13-9-14(2)25-20(24-13)26-18(29)5-4-6-27-7-8-28(21(27)32)17(10-19(30)31)16-11-22-15(3)23-12-16/h11-14,17H,4-10H2,1-3H3,(H,30,31)(H2,24,25,26,29). The molecule has 11 heteroatoms. The molecule has 1 aromatic rings. The largest absolute Gasteiger partial charge is 0.481 e. The van der Waals surface area contributed by atoms with Crippen molar-refractivity contribution in [2.75, 3.05) is 19.6 Å². The molecule has 0 aromatic carbocycles. The van der Waals surface area contributed by atoms with Gasteiger partial charge in [-0.15, -0.1) is 0 Å². The molecule has 3 atom stereocenters. The molecular formula is C21H31N7O4. The van der Waals surface area contributed by atoms with E-state index in [1.165, 1.54) is 0 Å². The number of carboxylic acid groups (broad SMARTS) is 1. The Balaban J connectivity index is 1.52. The lowest BCUT2D eigenvalue weighted by molar-refractivity contribution is -0.138. The normalized spacial score (nSPS) is 21.7. The zero-order chi connectivity index (χ0) is 23.3. The van der Waals surface area contributed by atoms with E-state index in [2.05, 4.69) is 25.6 Å². The van der Waals surface area contributed by atoms with Gasteiger partial charge in [-0.3, -0.25) is 14.9 Å². The molecule has 0 aliphatic carbocycles. The monoisotopic (exact) mass is 445 g/mol. The number of aliphatic carboxylic acids is 1. The molecule has 2 aliphatic rings. The summed E-state index contributed by atoms with van der Waals surface area (Å²) in [7, 11) is 0. The zero-order valence-electron chi connectivity index (χ0n) is 18.7. The highest BCUT2D eigenvalue weighted by Gasteiger charge is 2.35. The Morgan fingerprint density at radius 2 is 2.00 bits per heavy atom. The highest BCUT2D eigenvalue weighted by Crippen LogP contribution is 2.27. The summed E-state index contributed by atoms with van der Waals surface area (Å²) in [6, 6.07) is -0.456. The third kappa shape index (κ3) is 6.14. The first-order valence-corrected chi connectivity index (χ1v) is 10.9. The molecule has 1 saturated heterocycles. The predicted octanol–water partition coefficient (Wildman–Crippen LogP) is 1.06. The number of guanidine groups is 1. The molecule has 2 aliphatic heterocycles. The van der Waals surface area contributed by atoms with Crippen LogP contribution in [0.4, 0.5) is 4.79 Å². The van der Waals surface area contributed by atoms with Crippen LogP contribution in [0.15, 0.2) is 17.4 Å². The number of nitrogens with one attached hydrogen (secondary N) is 2. The van der Waals surface area contributed by atoms with Crippen LogP contribution in [-0.4, -0.2) is 80.5 Å². The highest BCUT2D eigenvalue weighted by atomic mass is 16.4. The number of nitrogens with zero attached hydrogens (tertiary/aromatic N) is 5. The lowest BCUT2D eigenvalue weighted by Crippen LogP contribution is -2.49. The van der Waals surface area contributed by atoms with Gasteiger partial charge in [0, 0.05) is 50.1 Å². The number of aromatic nitrogens is 2. The summed E-state index contributed by atoms with van der Waals surface area (Å²) in [5, 5.41) is 15.3. The fourth-order valence-electron chi connectivity index (χ4n) is 4.05. The molecule has 3 rings (SSSR count). The van der Waals surface area contributed by atoms with Crippen LogP contribution < -0.4 is 10.6 Å². The summed E-state index contributed by atoms with van der Waals surface area (Å²) in [5.74, 6) is -0.0711. The van der Waals surface area contributed by atoms with Crippen LogP contribution in [0, 0.1) is 6.92 Å². The van der Waals surface area contributed by atoms with Crippen molar-refractivity contribution in [2.24, 2.45) is 4.99 Å². The van der Waals surface area contributed by atoms with Crippen LogP contribution in [0.25, 0.3) is 0 Å². The number of aryl methyl sites for hydroxylation is 1. The first-order valence-electron chi connectivity index (χ1n) is 10.9. The number of carbonyl (C=O) groups is 3. The molecule has 0 radical (unpaired) electrons. The van der Waals surface area contributed by atoms with Gasteiger partial charge in [0.15, 0.2) is 5.96 Å². The minimum atomic E-state index is -0.999. The van der Waals surface area contributed by atoms with Crippen molar-refractivity contribution < 1.29 is 19.5 Å². The van der Waals surface area contributed by atoms with Crippen molar-refractivity contribution in [2.45, 2.75) is 64.6 Å². The van der Waals surface area contributed by atoms with Gasteiger partial charge in [0.05, 0.1) is 18.5 Å². The number of urea groups is 1. The Morgan fingerprint density at radius 3 is 2.66 bits per heavy atom. The Labute approximate surface area is 187 Å². The molecular weight excluding hydrogens is 414 g/mol. The number of rotatable bonds is 8. The summed E-state index contributed by atoms with van der Waals surface area (Å²) in [5.41, 5.74) is 0.594. The number of aliphatic imine (C=N–C) groups is 1. The summed E-state index contributed by atoms with van der Waals surface area (Å²) in [6.07, 6.45) is 4.60. The van der Waals surface area contributed by atoms with Gasteiger partial charge in [0.2, 0.25) is 5.91 Å². The van der Waals surface area contributed by atoms with Crippen LogP contribution in [0.2, 0.25) is 0 Å². The van der Waals surface area contributed by atoms with Crippen LogP contribution in [-0.2, 0) is 9.59 Å². The fourth-order valence-corrected chi connectivity index (χ4v) is 4.05. The van der Waals surface area contributed by atoms with Crippen molar-refractivity contribution in [3.8, 4) is 0 Å². The minimum Gasteiger partial charge on any atom is -0.481 e. The lowest BCUT2D eigenvalue weighted by Gasteiger charge is -2.27. The Hall–Kier alpha value is -3.24. The molecule has 0 saturated carbocycles. The number of carbonyl (C=O) groups excluding carboxylic acids is 2. The first-order chi connectivity index (χ1) is 15.2. The van der Waals surface area contributed by atoms with E-state index < -0.39 is 12.0 Å². The SMILES string of the molecule is Cc1ncc(C(CC(=O)O)N2CCN(CCCC(=O)NC3=NC(C)CC(C)N3)C2=O)cn1. The maximum absolute atomic E-state index is 12.9. The second-order valence-corrected chi connectivity index (χ2v) is 8.40. The summed E-state index contributed by atoms with van der Waals surface area (Å²) in [6.45, 7) is 7.10. The summed E-state index contributed by atoms with van der Waals surface area (Å²) in [4.78, 5) is 52.4. The molecule has 0 spiro atoms. The Kier molecular flexibility index (Phi) is 7.60. The van der Waals surface area contributed by atoms with Crippen molar-refractivity contribution in [3.05, 3.63) is 23.8 Å². The third-order valence-electron chi connectivity index (χ3n) is 5.57. The summed E-state index contributed by atoms with van der Waals surface area (Å²) >= 11 is 0. The van der Waals surface area contributed by atoms with Crippen LogP contribution >= 0.6 is 0 Å².